The number of hydrogen-bond acceptors (Lipinski definition) is 4. The normalized spacial score (nSPS) is 20.4. The number of ether oxygens (including phenoxy) is 2. The maximum Gasteiger partial charge on any atom is 0.340 e. The molecular formula is C17H16O4. The van der Waals surface area contributed by atoms with Crippen LogP contribution in [0.25, 0.3) is 16.8 Å². The second-order valence-electron chi connectivity index (χ2n) is 5.10. The largest absolute Gasteiger partial charge is 0.462 e. The van der Waals surface area contributed by atoms with E-state index in [4.69, 9.17) is 9.47 Å². The summed E-state index contributed by atoms with van der Waals surface area (Å²) in [4.78, 5) is 12.0. The summed E-state index contributed by atoms with van der Waals surface area (Å²) in [5.74, 6) is -1.71. The third-order valence-electron chi connectivity index (χ3n) is 3.48. The number of carbonyl (C=O) groups is 1. The fraction of sp³-hybridized carbons (Fsp3) is 0.235. The van der Waals surface area contributed by atoms with Crippen LogP contribution in [-0.4, -0.2) is 23.5 Å². The van der Waals surface area contributed by atoms with E-state index in [0.717, 1.165) is 16.3 Å². The molecule has 4 heteroatoms. The molecule has 0 saturated carbocycles. The van der Waals surface area contributed by atoms with Gasteiger partial charge in [-0.25, -0.2) is 4.79 Å². The van der Waals surface area contributed by atoms with Crippen LogP contribution in [0.3, 0.4) is 0 Å². The molecule has 1 heterocycles. The molecule has 0 radical (unpaired) electrons. The summed E-state index contributed by atoms with van der Waals surface area (Å²) in [7, 11) is 0. The molecule has 4 nitrogen and oxygen atoms in total. The number of esters is 1. The lowest BCUT2D eigenvalue weighted by atomic mass is 9.97. The molecule has 1 aliphatic heterocycles. The van der Waals surface area contributed by atoms with Gasteiger partial charge in [0.1, 0.15) is 11.3 Å². The summed E-state index contributed by atoms with van der Waals surface area (Å²) in [5, 5.41) is 12.4. The Kier molecular flexibility index (Phi) is 3.18. The molecule has 0 spiro atoms. The van der Waals surface area contributed by atoms with Gasteiger partial charge < -0.3 is 14.6 Å². The summed E-state index contributed by atoms with van der Waals surface area (Å²) in [6.45, 7) is 3.41. The van der Waals surface area contributed by atoms with Crippen molar-refractivity contribution < 1.29 is 19.4 Å². The summed E-state index contributed by atoms with van der Waals surface area (Å²) in [5.41, 5.74) is 0.857. The van der Waals surface area contributed by atoms with Crippen LogP contribution in [0.1, 0.15) is 19.4 Å². The summed E-state index contributed by atoms with van der Waals surface area (Å²) < 4.78 is 10.6. The summed E-state index contributed by atoms with van der Waals surface area (Å²) >= 11 is 0. The van der Waals surface area contributed by atoms with E-state index in [1.165, 1.54) is 6.92 Å². The average molecular weight is 284 g/mol. The first-order chi connectivity index (χ1) is 10.0. The van der Waals surface area contributed by atoms with Crippen LogP contribution in [-0.2, 0) is 9.53 Å². The van der Waals surface area contributed by atoms with E-state index in [9.17, 15) is 9.90 Å². The van der Waals surface area contributed by atoms with Crippen molar-refractivity contribution in [1.29, 1.82) is 0 Å². The molecule has 2 aromatic carbocycles. The first kappa shape index (κ1) is 13.6. The predicted octanol–water partition coefficient (Wildman–Crippen LogP) is 2.89. The maximum absolute atomic E-state index is 12.0. The third-order valence-corrected chi connectivity index (χ3v) is 3.48. The molecule has 108 valence electrons. The van der Waals surface area contributed by atoms with Crippen molar-refractivity contribution in [1.82, 2.24) is 0 Å². The smallest absolute Gasteiger partial charge is 0.340 e. The molecule has 3 rings (SSSR count). The number of benzene rings is 2. The highest BCUT2D eigenvalue weighted by Gasteiger charge is 2.38. The molecule has 1 unspecified atom stereocenters. The first-order valence-corrected chi connectivity index (χ1v) is 6.85. The van der Waals surface area contributed by atoms with Crippen LogP contribution in [0.2, 0.25) is 0 Å². The van der Waals surface area contributed by atoms with Crippen molar-refractivity contribution in [3.8, 4) is 5.75 Å². The Morgan fingerprint density at radius 2 is 1.95 bits per heavy atom. The molecule has 0 bridgehead atoms. The zero-order chi connectivity index (χ0) is 15.0. The van der Waals surface area contributed by atoms with E-state index in [1.54, 1.807) is 13.0 Å². The maximum atomic E-state index is 12.0. The Labute approximate surface area is 122 Å². The number of carbonyl (C=O) groups excluding carboxylic acids is 1. The Morgan fingerprint density at radius 1 is 1.29 bits per heavy atom. The van der Waals surface area contributed by atoms with Crippen LogP contribution in [0, 0.1) is 0 Å². The Hall–Kier alpha value is -2.33. The van der Waals surface area contributed by atoms with Crippen LogP contribution in [0.15, 0.2) is 42.0 Å². The van der Waals surface area contributed by atoms with Gasteiger partial charge in [-0.05, 0) is 35.9 Å². The summed E-state index contributed by atoms with van der Waals surface area (Å²) in [6, 6.07) is 11.6. The molecule has 1 aliphatic rings. The quantitative estimate of drug-likeness (QED) is 0.862. The van der Waals surface area contributed by atoms with Gasteiger partial charge in [0.05, 0.1) is 6.61 Å². The van der Waals surface area contributed by atoms with Crippen molar-refractivity contribution >= 4 is 22.8 Å². The minimum atomic E-state index is -1.69. The van der Waals surface area contributed by atoms with Gasteiger partial charge in [-0.15, -0.1) is 0 Å². The van der Waals surface area contributed by atoms with Gasteiger partial charge in [0.15, 0.2) is 0 Å². The SMILES string of the molecule is CCOC(=O)C1=Cc2cc3ccccc3cc2OC1(C)O. The van der Waals surface area contributed by atoms with E-state index in [-0.39, 0.29) is 12.2 Å². The van der Waals surface area contributed by atoms with Crippen LogP contribution in [0.4, 0.5) is 0 Å². The lowest BCUT2D eigenvalue weighted by molar-refractivity contribution is -0.148. The van der Waals surface area contributed by atoms with Gasteiger partial charge in [-0.3, -0.25) is 0 Å². The van der Waals surface area contributed by atoms with Crippen molar-refractivity contribution in [2.24, 2.45) is 0 Å². The van der Waals surface area contributed by atoms with E-state index < -0.39 is 11.8 Å². The van der Waals surface area contributed by atoms with Gasteiger partial charge in [0, 0.05) is 12.5 Å². The van der Waals surface area contributed by atoms with Gasteiger partial charge >= 0.3 is 5.97 Å². The molecule has 0 amide bonds. The Bertz CT molecular complexity index is 744. The molecule has 0 saturated heterocycles. The first-order valence-electron chi connectivity index (χ1n) is 6.85. The molecular weight excluding hydrogens is 268 g/mol. The van der Waals surface area contributed by atoms with Crippen LogP contribution in [0.5, 0.6) is 5.75 Å². The minimum Gasteiger partial charge on any atom is -0.462 e. The van der Waals surface area contributed by atoms with Crippen LogP contribution < -0.4 is 4.74 Å². The van der Waals surface area contributed by atoms with Crippen molar-refractivity contribution in [2.75, 3.05) is 6.61 Å². The topological polar surface area (TPSA) is 55.8 Å². The molecule has 0 fully saturated rings. The summed E-state index contributed by atoms with van der Waals surface area (Å²) in [6.07, 6.45) is 1.63. The zero-order valence-electron chi connectivity index (χ0n) is 11.9. The van der Waals surface area contributed by atoms with Gasteiger partial charge in [-0.1, -0.05) is 24.3 Å². The van der Waals surface area contributed by atoms with Crippen molar-refractivity contribution in [2.45, 2.75) is 19.6 Å². The van der Waals surface area contributed by atoms with Gasteiger partial charge in [0.2, 0.25) is 5.79 Å². The van der Waals surface area contributed by atoms with Crippen LogP contribution >= 0.6 is 0 Å². The van der Waals surface area contributed by atoms with E-state index in [0.29, 0.717) is 5.75 Å². The monoisotopic (exact) mass is 284 g/mol. The highest BCUT2D eigenvalue weighted by atomic mass is 16.6. The zero-order valence-corrected chi connectivity index (χ0v) is 11.9. The van der Waals surface area contributed by atoms with E-state index >= 15 is 0 Å². The molecule has 0 aliphatic carbocycles. The number of hydrogen-bond donors (Lipinski definition) is 1. The number of aliphatic hydroxyl groups is 1. The van der Waals surface area contributed by atoms with Gasteiger partial charge in [-0.2, -0.15) is 0 Å². The van der Waals surface area contributed by atoms with Gasteiger partial charge in [0.25, 0.3) is 0 Å². The number of rotatable bonds is 2. The molecule has 1 N–H and O–H groups in total. The predicted molar refractivity (Wildman–Crippen MR) is 79.8 cm³/mol. The van der Waals surface area contributed by atoms with Crippen molar-refractivity contribution in [3.63, 3.8) is 0 Å². The minimum absolute atomic E-state index is 0.104. The Morgan fingerprint density at radius 3 is 2.62 bits per heavy atom. The van der Waals surface area contributed by atoms with E-state index in [1.807, 2.05) is 36.4 Å². The van der Waals surface area contributed by atoms with Crippen molar-refractivity contribution in [3.05, 3.63) is 47.5 Å². The molecule has 21 heavy (non-hydrogen) atoms. The average Bonchev–Trinajstić information content (AvgIpc) is 2.44. The van der Waals surface area contributed by atoms with E-state index in [2.05, 4.69) is 0 Å². The molecule has 1 atom stereocenters. The fourth-order valence-electron chi connectivity index (χ4n) is 2.45. The molecule has 0 aromatic heterocycles. The lowest BCUT2D eigenvalue weighted by Gasteiger charge is -2.31. The highest BCUT2D eigenvalue weighted by Crippen LogP contribution is 2.37. The Balaban J connectivity index is 2.14. The molecule has 2 aromatic rings. The standard InChI is InChI=1S/C17H16O4/c1-3-20-16(18)14-9-13-8-11-6-4-5-7-12(11)10-15(13)21-17(14,2)19/h4-10,19H,3H2,1-2H3. The number of fused-ring (bicyclic) bond motifs is 2. The second kappa shape index (κ2) is 4.90. The third kappa shape index (κ3) is 2.38. The fourth-order valence-corrected chi connectivity index (χ4v) is 2.45. The highest BCUT2D eigenvalue weighted by molar-refractivity contribution is 5.98. The second-order valence-corrected chi connectivity index (χ2v) is 5.10. The lowest BCUT2D eigenvalue weighted by Crippen LogP contribution is -2.40.